The molecule has 0 bridgehead atoms. The van der Waals surface area contributed by atoms with Gasteiger partial charge in [0.25, 0.3) is 0 Å². The third-order valence-electron chi connectivity index (χ3n) is 2.08. The minimum Gasteiger partial charge on any atom is -0.398 e. The van der Waals surface area contributed by atoms with Crippen molar-refractivity contribution in [3.63, 3.8) is 0 Å². The van der Waals surface area contributed by atoms with Gasteiger partial charge in [0, 0.05) is 16.5 Å². The van der Waals surface area contributed by atoms with Gasteiger partial charge in [0.2, 0.25) is 0 Å². The Morgan fingerprint density at radius 2 is 1.69 bits per heavy atom. The van der Waals surface area contributed by atoms with Crippen LogP contribution in [0.2, 0.25) is 5.02 Å². The van der Waals surface area contributed by atoms with Crippen molar-refractivity contribution in [2.45, 2.75) is 0 Å². The minimum absolute atomic E-state index is 0.568. The first-order valence-corrected chi connectivity index (χ1v) is 4.30. The second-order valence-corrected chi connectivity index (χ2v) is 3.31. The average Bonchev–Trinajstić information content (AvgIpc) is 2.12. The molecule has 0 aliphatic carbocycles. The van der Waals surface area contributed by atoms with Crippen LogP contribution in [0.1, 0.15) is 0 Å². The first-order valence-electron chi connectivity index (χ1n) is 3.92. The van der Waals surface area contributed by atoms with Crippen LogP contribution in [0.4, 0.5) is 11.4 Å². The van der Waals surface area contributed by atoms with Crippen LogP contribution >= 0.6 is 11.6 Å². The number of nitrogen functional groups attached to an aromatic ring is 2. The molecule has 2 nitrogen and oxygen atoms in total. The molecule has 0 spiro atoms. The Balaban J connectivity index is 2.94. The van der Waals surface area contributed by atoms with Crippen molar-refractivity contribution < 1.29 is 0 Å². The van der Waals surface area contributed by atoms with Crippen molar-refractivity contribution in [1.29, 1.82) is 0 Å². The van der Waals surface area contributed by atoms with Crippen LogP contribution in [0.15, 0.2) is 30.3 Å². The van der Waals surface area contributed by atoms with Crippen LogP contribution in [-0.2, 0) is 0 Å². The van der Waals surface area contributed by atoms with E-state index < -0.39 is 0 Å². The molecular formula is C10H9ClN2. The summed E-state index contributed by atoms with van der Waals surface area (Å²) in [6.07, 6.45) is 0. The fourth-order valence-electron chi connectivity index (χ4n) is 1.38. The lowest BCUT2D eigenvalue weighted by Crippen LogP contribution is -1.91. The average molecular weight is 193 g/mol. The van der Waals surface area contributed by atoms with Crippen molar-refractivity contribution in [3.05, 3.63) is 35.4 Å². The van der Waals surface area contributed by atoms with E-state index in [1.807, 2.05) is 24.3 Å². The Bertz CT molecular complexity index is 466. The van der Waals surface area contributed by atoms with Crippen LogP contribution in [0, 0.1) is 0 Å². The largest absolute Gasteiger partial charge is 0.398 e. The maximum absolute atomic E-state index is 5.87. The number of benzene rings is 2. The summed E-state index contributed by atoms with van der Waals surface area (Å²) >= 11 is 5.87. The van der Waals surface area contributed by atoms with Gasteiger partial charge in [0.15, 0.2) is 0 Å². The summed E-state index contributed by atoms with van der Waals surface area (Å²) in [5.41, 5.74) is 12.9. The third-order valence-corrected chi connectivity index (χ3v) is 2.41. The molecule has 0 heterocycles. The number of anilines is 2. The van der Waals surface area contributed by atoms with Crippen molar-refractivity contribution in [1.82, 2.24) is 0 Å². The van der Waals surface area contributed by atoms with E-state index in [4.69, 9.17) is 23.1 Å². The minimum atomic E-state index is 0.568. The molecular weight excluding hydrogens is 184 g/mol. The number of halogens is 1. The Morgan fingerprint density at radius 1 is 0.923 bits per heavy atom. The molecule has 4 N–H and O–H groups in total. The molecule has 66 valence electrons. The van der Waals surface area contributed by atoms with Gasteiger partial charge in [-0.1, -0.05) is 29.8 Å². The summed E-state index contributed by atoms with van der Waals surface area (Å²) in [4.78, 5) is 0. The number of fused-ring (bicyclic) bond motifs is 1. The van der Waals surface area contributed by atoms with E-state index in [1.165, 1.54) is 0 Å². The van der Waals surface area contributed by atoms with Crippen LogP contribution in [0.25, 0.3) is 10.8 Å². The second-order valence-electron chi connectivity index (χ2n) is 2.90. The first kappa shape index (κ1) is 8.20. The van der Waals surface area contributed by atoms with Gasteiger partial charge < -0.3 is 11.5 Å². The Labute approximate surface area is 81.1 Å². The molecule has 0 amide bonds. The highest BCUT2D eigenvalue weighted by atomic mass is 35.5. The van der Waals surface area contributed by atoms with E-state index in [0.717, 1.165) is 16.5 Å². The molecule has 0 unspecified atom stereocenters. The molecule has 13 heavy (non-hydrogen) atoms. The number of nitrogens with two attached hydrogens (primary N) is 2. The van der Waals surface area contributed by atoms with E-state index >= 15 is 0 Å². The van der Waals surface area contributed by atoms with E-state index in [1.54, 1.807) is 6.07 Å². The fraction of sp³-hybridized carbons (Fsp3) is 0. The van der Waals surface area contributed by atoms with Gasteiger partial charge in [-0.2, -0.15) is 0 Å². The lowest BCUT2D eigenvalue weighted by molar-refractivity contribution is 1.71. The molecule has 2 rings (SSSR count). The van der Waals surface area contributed by atoms with Crippen LogP contribution in [0.5, 0.6) is 0 Å². The molecule has 0 saturated heterocycles. The van der Waals surface area contributed by atoms with E-state index in [0.29, 0.717) is 10.7 Å². The predicted molar refractivity (Wildman–Crippen MR) is 57.8 cm³/mol. The van der Waals surface area contributed by atoms with Gasteiger partial charge in [0.05, 0.1) is 10.7 Å². The Morgan fingerprint density at radius 3 is 2.46 bits per heavy atom. The van der Waals surface area contributed by atoms with Crippen molar-refractivity contribution >= 4 is 33.7 Å². The first-order chi connectivity index (χ1) is 6.20. The smallest absolute Gasteiger partial charge is 0.0642 e. The number of hydrogen-bond donors (Lipinski definition) is 2. The van der Waals surface area contributed by atoms with Crippen molar-refractivity contribution in [2.75, 3.05) is 11.5 Å². The number of hydrogen-bond acceptors (Lipinski definition) is 2. The van der Waals surface area contributed by atoms with Gasteiger partial charge >= 0.3 is 0 Å². The summed E-state index contributed by atoms with van der Waals surface area (Å²) in [5, 5.41) is 2.43. The summed E-state index contributed by atoms with van der Waals surface area (Å²) in [6, 6.07) is 9.26. The van der Waals surface area contributed by atoms with Crippen LogP contribution in [-0.4, -0.2) is 0 Å². The summed E-state index contributed by atoms with van der Waals surface area (Å²) in [6.45, 7) is 0. The van der Waals surface area contributed by atoms with Gasteiger partial charge in [-0.25, -0.2) is 0 Å². The Kier molecular flexibility index (Phi) is 1.78. The zero-order chi connectivity index (χ0) is 9.42. The third kappa shape index (κ3) is 1.19. The summed E-state index contributed by atoms with van der Waals surface area (Å²) in [7, 11) is 0. The van der Waals surface area contributed by atoms with Crippen LogP contribution < -0.4 is 11.5 Å². The SMILES string of the molecule is Nc1cccc2c(N)c(Cl)ccc12. The van der Waals surface area contributed by atoms with Gasteiger partial charge in [0.1, 0.15) is 0 Å². The summed E-state index contributed by atoms with van der Waals surface area (Å²) in [5.74, 6) is 0. The molecule has 0 radical (unpaired) electrons. The molecule has 0 atom stereocenters. The molecule has 3 heteroatoms. The lowest BCUT2D eigenvalue weighted by atomic mass is 10.1. The van der Waals surface area contributed by atoms with Crippen molar-refractivity contribution in [2.24, 2.45) is 0 Å². The molecule has 2 aromatic rings. The monoisotopic (exact) mass is 192 g/mol. The maximum atomic E-state index is 5.87. The second kappa shape index (κ2) is 2.82. The number of rotatable bonds is 0. The standard InChI is InChI=1S/C10H9ClN2/c11-8-5-4-6-7(10(8)13)2-1-3-9(6)12/h1-5H,12-13H2. The molecule has 0 fully saturated rings. The highest BCUT2D eigenvalue weighted by molar-refractivity contribution is 6.34. The molecule has 0 aromatic heterocycles. The maximum Gasteiger partial charge on any atom is 0.0642 e. The quantitative estimate of drug-likeness (QED) is 0.631. The highest BCUT2D eigenvalue weighted by Crippen LogP contribution is 2.30. The normalized spacial score (nSPS) is 10.5. The molecule has 0 saturated carbocycles. The van der Waals surface area contributed by atoms with E-state index in [-0.39, 0.29) is 0 Å². The molecule has 0 aliphatic rings. The lowest BCUT2D eigenvalue weighted by Gasteiger charge is -2.05. The highest BCUT2D eigenvalue weighted by Gasteiger charge is 2.03. The molecule has 0 aliphatic heterocycles. The van der Waals surface area contributed by atoms with Crippen molar-refractivity contribution in [3.8, 4) is 0 Å². The Hall–Kier alpha value is -1.41. The zero-order valence-electron chi connectivity index (χ0n) is 6.92. The van der Waals surface area contributed by atoms with Gasteiger partial charge in [-0.15, -0.1) is 0 Å². The molecule has 2 aromatic carbocycles. The van der Waals surface area contributed by atoms with Crippen LogP contribution in [0.3, 0.4) is 0 Å². The summed E-state index contributed by atoms with van der Waals surface area (Å²) < 4.78 is 0. The predicted octanol–water partition coefficient (Wildman–Crippen LogP) is 2.66. The van der Waals surface area contributed by atoms with Gasteiger partial charge in [-0.3, -0.25) is 0 Å². The topological polar surface area (TPSA) is 52.0 Å². The van der Waals surface area contributed by atoms with Gasteiger partial charge in [-0.05, 0) is 12.1 Å². The zero-order valence-corrected chi connectivity index (χ0v) is 7.68. The van der Waals surface area contributed by atoms with E-state index in [2.05, 4.69) is 0 Å². The van der Waals surface area contributed by atoms with E-state index in [9.17, 15) is 0 Å². The fourth-order valence-corrected chi connectivity index (χ4v) is 1.54.